The topological polar surface area (TPSA) is 72.5 Å². The number of halogens is 2. The SMILES string of the molecule is COC(=O)c1ccc(F)cc1S(=O)(=O)Nc1ccc(C)c(Cl)c1. The van der Waals surface area contributed by atoms with Crippen LogP contribution in [0.4, 0.5) is 10.1 Å². The van der Waals surface area contributed by atoms with Crippen molar-refractivity contribution in [3.63, 3.8) is 0 Å². The minimum atomic E-state index is -4.20. The highest BCUT2D eigenvalue weighted by Gasteiger charge is 2.24. The van der Waals surface area contributed by atoms with E-state index in [1.807, 2.05) is 0 Å². The summed E-state index contributed by atoms with van der Waals surface area (Å²) >= 11 is 5.95. The second kappa shape index (κ2) is 6.55. The fourth-order valence-electron chi connectivity index (χ4n) is 1.86. The van der Waals surface area contributed by atoms with Gasteiger partial charge in [-0.25, -0.2) is 17.6 Å². The Labute approximate surface area is 138 Å². The second-order valence-corrected chi connectivity index (χ2v) is 6.76. The number of methoxy groups -OCH3 is 1. The second-order valence-electron chi connectivity index (χ2n) is 4.70. The molecular weight excluding hydrogens is 345 g/mol. The molecule has 2 rings (SSSR count). The first-order valence-electron chi connectivity index (χ1n) is 6.41. The van der Waals surface area contributed by atoms with Crippen LogP contribution in [0.3, 0.4) is 0 Å². The monoisotopic (exact) mass is 357 g/mol. The lowest BCUT2D eigenvalue weighted by Gasteiger charge is -2.12. The van der Waals surface area contributed by atoms with Gasteiger partial charge >= 0.3 is 5.97 Å². The Kier molecular flexibility index (Phi) is 4.91. The number of sulfonamides is 1. The van der Waals surface area contributed by atoms with Gasteiger partial charge in [-0.05, 0) is 42.8 Å². The van der Waals surface area contributed by atoms with Crippen molar-refractivity contribution in [3.8, 4) is 0 Å². The number of anilines is 1. The maximum atomic E-state index is 13.4. The molecule has 0 unspecified atom stereocenters. The quantitative estimate of drug-likeness (QED) is 0.851. The molecule has 2 aromatic carbocycles. The van der Waals surface area contributed by atoms with E-state index in [2.05, 4.69) is 9.46 Å². The first-order valence-corrected chi connectivity index (χ1v) is 8.27. The van der Waals surface area contributed by atoms with E-state index in [0.29, 0.717) is 5.02 Å². The largest absolute Gasteiger partial charge is 0.465 e. The van der Waals surface area contributed by atoms with Crippen LogP contribution >= 0.6 is 11.6 Å². The summed E-state index contributed by atoms with van der Waals surface area (Å²) in [5.41, 5.74) is 0.705. The Bertz CT molecular complexity index is 868. The van der Waals surface area contributed by atoms with Crippen molar-refractivity contribution in [3.05, 3.63) is 58.4 Å². The standard InChI is InChI=1S/C15H13ClFNO4S/c1-9-3-5-11(8-13(9)16)18-23(20,21)14-7-10(17)4-6-12(14)15(19)22-2/h3-8,18H,1-2H3. The van der Waals surface area contributed by atoms with Crippen LogP contribution in [-0.4, -0.2) is 21.5 Å². The van der Waals surface area contributed by atoms with E-state index in [4.69, 9.17) is 11.6 Å². The highest BCUT2D eigenvalue weighted by Crippen LogP contribution is 2.25. The number of aryl methyl sites for hydroxylation is 1. The summed E-state index contributed by atoms with van der Waals surface area (Å²) in [6.07, 6.45) is 0. The molecule has 0 radical (unpaired) electrons. The van der Waals surface area contributed by atoms with Crippen LogP contribution in [0.5, 0.6) is 0 Å². The van der Waals surface area contributed by atoms with Gasteiger partial charge in [0.2, 0.25) is 0 Å². The molecule has 23 heavy (non-hydrogen) atoms. The number of rotatable bonds is 4. The highest BCUT2D eigenvalue weighted by atomic mass is 35.5. The van der Waals surface area contributed by atoms with E-state index in [9.17, 15) is 17.6 Å². The van der Waals surface area contributed by atoms with E-state index in [1.165, 1.54) is 12.1 Å². The van der Waals surface area contributed by atoms with E-state index < -0.39 is 26.7 Å². The lowest BCUT2D eigenvalue weighted by molar-refractivity contribution is 0.0596. The number of benzene rings is 2. The summed E-state index contributed by atoms with van der Waals surface area (Å²) in [7, 11) is -3.09. The average molecular weight is 358 g/mol. The Morgan fingerprint density at radius 1 is 1.22 bits per heavy atom. The molecule has 0 saturated carbocycles. The normalized spacial score (nSPS) is 11.1. The van der Waals surface area contributed by atoms with Crippen LogP contribution in [0.2, 0.25) is 5.02 Å². The van der Waals surface area contributed by atoms with Gasteiger partial charge in [0.1, 0.15) is 10.7 Å². The van der Waals surface area contributed by atoms with Crippen LogP contribution in [0.25, 0.3) is 0 Å². The first-order chi connectivity index (χ1) is 10.7. The van der Waals surface area contributed by atoms with Crippen LogP contribution in [-0.2, 0) is 14.8 Å². The molecule has 0 spiro atoms. The van der Waals surface area contributed by atoms with Gasteiger partial charge in [0.05, 0.1) is 18.4 Å². The predicted octanol–water partition coefficient (Wildman–Crippen LogP) is 3.37. The predicted molar refractivity (Wildman–Crippen MR) is 84.7 cm³/mol. The molecule has 0 heterocycles. The molecule has 0 aliphatic carbocycles. The first kappa shape index (κ1) is 17.2. The summed E-state index contributed by atoms with van der Waals surface area (Å²) in [5, 5.41) is 0.373. The van der Waals surface area contributed by atoms with Gasteiger partial charge in [-0.2, -0.15) is 0 Å². The summed E-state index contributed by atoms with van der Waals surface area (Å²) in [4.78, 5) is 11.2. The average Bonchev–Trinajstić information content (AvgIpc) is 2.50. The number of ether oxygens (including phenoxy) is 1. The summed E-state index contributed by atoms with van der Waals surface area (Å²) in [6, 6.07) is 7.35. The maximum Gasteiger partial charge on any atom is 0.339 e. The molecule has 0 saturated heterocycles. The molecule has 122 valence electrons. The fourth-order valence-corrected chi connectivity index (χ4v) is 3.30. The zero-order valence-corrected chi connectivity index (χ0v) is 13.8. The molecule has 2 aromatic rings. The Hall–Kier alpha value is -2.12. The van der Waals surface area contributed by atoms with Crippen LogP contribution in [0.1, 0.15) is 15.9 Å². The van der Waals surface area contributed by atoms with E-state index in [0.717, 1.165) is 30.9 Å². The number of hydrogen-bond acceptors (Lipinski definition) is 4. The third-order valence-corrected chi connectivity index (χ3v) is 4.89. The van der Waals surface area contributed by atoms with E-state index in [1.54, 1.807) is 13.0 Å². The number of carbonyl (C=O) groups is 1. The molecule has 0 amide bonds. The van der Waals surface area contributed by atoms with Gasteiger partial charge in [-0.3, -0.25) is 4.72 Å². The van der Waals surface area contributed by atoms with Gasteiger partial charge in [-0.1, -0.05) is 17.7 Å². The molecular formula is C15H13ClFNO4S. The molecule has 0 aliphatic rings. The zero-order valence-electron chi connectivity index (χ0n) is 12.3. The molecule has 5 nitrogen and oxygen atoms in total. The maximum absolute atomic E-state index is 13.4. The van der Waals surface area contributed by atoms with Gasteiger partial charge < -0.3 is 4.74 Å². The summed E-state index contributed by atoms with van der Waals surface area (Å²) in [5.74, 6) is -1.67. The van der Waals surface area contributed by atoms with Crippen molar-refractivity contribution in [1.82, 2.24) is 0 Å². The summed E-state index contributed by atoms with van der Waals surface area (Å²) < 4.78 is 45.1. The number of esters is 1. The fraction of sp³-hybridized carbons (Fsp3) is 0.133. The minimum Gasteiger partial charge on any atom is -0.465 e. The minimum absolute atomic E-state index is 0.195. The highest BCUT2D eigenvalue weighted by molar-refractivity contribution is 7.92. The Morgan fingerprint density at radius 3 is 2.52 bits per heavy atom. The lowest BCUT2D eigenvalue weighted by Crippen LogP contribution is -2.18. The van der Waals surface area contributed by atoms with E-state index in [-0.39, 0.29) is 11.3 Å². The number of nitrogens with one attached hydrogen (secondary N) is 1. The number of carbonyl (C=O) groups excluding carboxylic acids is 1. The number of hydrogen-bond donors (Lipinski definition) is 1. The molecule has 0 aromatic heterocycles. The van der Waals surface area contributed by atoms with Gasteiger partial charge in [0.25, 0.3) is 10.0 Å². The van der Waals surface area contributed by atoms with Gasteiger partial charge in [-0.15, -0.1) is 0 Å². The van der Waals surface area contributed by atoms with Crippen LogP contribution < -0.4 is 4.72 Å². The Morgan fingerprint density at radius 2 is 1.91 bits per heavy atom. The van der Waals surface area contributed by atoms with Gasteiger partial charge in [0.15, 0.2) is 0 Å². The Balaban J connectivity index is 2.48. The van der Waals surface area contributed by atoms with Crippen LogP contribution in [0.15, 0.2) is 41.3 Å². The zero-order chi connectivity index (χ0) is 17.2. The lowest BCUT2D eigenvalue weighted by atomic mass is 10.2. The molecule has 0 atom stereocenters. The third-order valence-electron chi connectivity index (χ3n) is 3.06. The van der Waals surface area contributed by atoms with Crippen molar-refractivity contribution in [2.75, 3.05) is 11.8 Å². The molecule has 0 bridgehead atoms. The van der Waals surface area contributed by atoms with E-state index >= 15 is 0 Å². The molecule has 0 aliphatic heterocycles. The third kappa shape index (κ3) is 3.80. The summed E-state index contributed by atoms with van der Waals surface area (Å²) in [6.45, 7) is 1.77. The van der Waals surface area contributed by atoms with Crippen molar-refractivity contribution >= 4 is 33.3 Å². The molecule has 1 N–H and O–H groups in total. The van der Waals surface area contributed by atoms with Crippen molar-refractivity contribution in [2.24, 2.45) is 0 Å². The van der Waals surface area contributed by atoms with Crippen LogP contribution in [0, 0.1) is 12.7 Å². The van der Waals surface area contributed by atoms with Gasteiger partial charge in [0, 0.05) is 5.02 Å². The molecule has 0 fully saturated rings. The van der Waals surface area contributed by atoms with Crippen molar-refractivity contribution in [2.45, 2.75) is 11.8 Å². The smallest absolute Gasteiger partial charge is 0.339 e. The van der Waals surface area contributed by atoms with Crippen molar-refractivity contribution in [1.29, 1.82) is 0 Å². The molecule has 8 heteroatoms. The van der Waals surface area contributed by atoms with Crippen molar-refractivity contribution < 1.29 is 22.3 Å².